The van der Waals surface area contributed by atoms with Crippen molar-refractivity contribution in [2.45, 2.75) is 18.9 Å². The summed E-state index contributed by atoms with van der Waals surface area (Å²) in [4.78, 5) is 16.4. The lowest BCUT2D eigenvalue weighted by Crippen LogP contribution is -2.28. The van der Waals surface area contributed by atoms with Gasteiger partial charge in [0, 0.05) is 5.69 Å². The summed E-state index contributed by atoms with van der Waals surface area (Å²) < 4.78 is 1.02. The number of amides is 1. The van der Waals surface area contributed by atoms with Gasteiger partial charge in [-0.1, -0.05) is 30.3 Å². The monoisotopic (exact) mass is 312 g/mol. The summed E-state index contributed by atoms with van der Waals surface area (Å²) in [6.07, 6.45) is -0.00224. The molecule has 1 amide bonds. The molecule has 112 valence electrons. The quantitative estimate of drug-likeness (QED) is 0.774. The number of rotatable bonds is 4. The molecule has 4 nitrogen and oxygen atoms in total. The third-order valence-electron chi connectivity index (χ3n) is 3.52. The van der Waals surface area contributed by atoms with Crippen molar-refractivity contribution >= 4 is 33.1 Å². The first kappa shape index (κ1) is 14.7. The highest BCUT2D eigenvalue weighted by molar-refractivity contribution is 7.16. The van der Waals surface area contributed by atoms with Gasteiger partial charge in [-0.05, 0) is 30.7 Å². The molecule has 0 saturated carbocycles. The zero-order valence-corrected chi connectivity index (χ0v) is 12.9. The van der Waals surface area contributed by atoms with E-state index in [-0.39, 0.29) is 12.3 Å². The molecule has 1 unspecified atom stereocenters. The van der Waals surface area contributed by atoms with Crippen LogP contribution in [-0.2, 0) is 10.4 Å². The maximum atomic E-state index is 12.2. The Bertz CT molecular complexity index is 797. The van der Waals surface area contributed by atoms with Crippen LogP contribution in [0.25, 0.3) is 10.2 Å². The van der Waals surface area contributed by atoms with E-state index in [9.17, 15) is 9.90 Å². The Morgan fingerprint density at radius 2 is 2.05 bits per heavy atom. The molecule has 0 aliphatic carbocycles. The summed E-state index contributed by atoms with van der Waals surface area (Å²) in [6, 6.07) is 14.8. The van der Waals surface area contributed by atoms with Gasteiger partial charge in [-0.25, -0.2) is 4.98 Å². The zero-order chi connectivity index (χ0) is 15.6. The molecular weight excluding hydrogens is 296 g/mol. The van der Waals surface area contributed by atoms with Crippen LogP contribution in [0.15, 0.2) is 54.0 Å². The second-order valence-corrected chi connectivity index (χ2v) is 6.29. The van der Waals surface area contributed by atoms with Crippen molar-refractivity contribution in [3.8, 4) is 0 Å². The first-order valence-electron chi connectivity index (χ1n) is 6.96. The number of hydrogen-bond acceptors (Lipinski definition) is 4. The van der Waals surface area contributed by atoms with Gasteiger partial charge in [0.1, 0.15) is 0 Å². The molecule has 0 aliphatic rings. The van der Waals surface area contributed by atoms with Crippen molar-refractivity contribution in [2.24, 2.45) is 0 Å². The van der Waals surface area contributed by atoms with Crippen molar-refractivity contribution in [1.29, 1.82) is 0 Å². The third-order valence-corrected chi connectivity index (χ3v) is 4.31. The van der Waals surface area contributed by atoms with Gasteiger partial charge in [-0.3, -0.25) is 4.79 Å². The van der Waals surface area contributed by atoms with Gasteiger partial charge in [-0.2, -0.15) is 0 Å². The Hall–Kier alpha value is -2.24. The summed E-state index contributed by atoms with van der Waals surface area (Å²) in [5, 5.41) is 13.3. The number of hydrogen-bond donors (Lipinski definition) is 2. The van der Waals surface area contributed by atoms with E-state index in [0.29, 0.717) is 5.69 Å². The number of anilines is 1. The van der Waals surface area contributed by atoms with Crippen LogP contribution in [0.3, 0.4) is 0 Å². The zero-order valence-electron chi connectivity index (χ0n) is 12.1. The van der Waals surface area contributed by atoms with Crippen LogP contribution in [0.5, 0.6) is 0 Å². The molecule has 5 heteroatoms. The number of fused-ring (bicyclic) bond motifs is 1. The highest BCUT2D eigenvalue weighted by atomic mass is 32.1. The lowest BCUT2D eigenvalue weighted by atomic mass is 9.92. The molecule has 3 rings (SSSR count). The number of carbonyl (C=O) groups excluding carboxylic acids is 1. The number of carbonyl (C=O) groups is 1. The first-order chi connectivity index (χ1) is 10.5. The molecule has 22 heavy (non-hydrogen) atoms. The number of aliphatic hydroxyl groups is 1. The maximum Gasteiger partial charge on any atom is 0.227 e. The number of thiazole rings is 1. The highest BCUT2D eigenvalue weighted by Gasteiger charge is 2.26. The topological polar surface area (TPSA) is 62.2 Å². The number of nitrogens with one attached hydrogen (secondary N) is 1. The van der Waals surface area contributed by atoms with Crippen molar-refractivity contribution in [1.82, 2.24) is 4.98 Å². The summed E-state index contributed by atoms with van der Waals surface area (Å²) >= 11 is 1.53. The van der Waals surface area contributed by atoms with Gasteiger partial charge in [0.05, 0.1) is 27.7 Å². The average Bonchev–Trinajstić information content (AvgIpc) is 2.95. The van der Waals surface area contributed by atoms with Crippen LogP contribution in [0, 0.1) is 0 Å². The Morgan fingerprint density at radius 1 is 1.27 bits per heavy atom. The van der Waals surface area contributed by atoms with Crippen molar-refractivity contribution in [2.75, 3.05) is 5.32 Å². The van der Waals surface area contributed by atoms with E-state index in [4.69, 9.17) is 0 Å². The smallest absolute Gasteiger partial charge is 0.227 e. The van der Waals surface area contributed by atoms with Gasteiger partial charge >= 0.3 is 0 Å². The minimum absolute atomic E-state index is 0.00224. The summed E-state index contributed by atoms with van der Waals surface area (Å²) in [5.41, 5.74) is 2.93. The highest BCUT2D eigenvalue weighted by Crippen LogP contribution is 2.26. The standard InChI is InChI=1S/C17H16N2O2S/c1-17(21,12-5-3-2-4-6-12)10-16(20)19-13-7-8-14-15(9-13)22-11-18-14/h2-9,11,21H,10H2,1H3,(H,19,20). The molecule has 0 spiro atoms. The van der Waals surface area contributed by atoms with Gasteiger partial charge in [0.15, 0.2) is 0 Å². The van der Waals surface area contributed by atoms with E-state index in [1.807, 2.05) is 48.5 Å². The van der Waals surface area contributed by atoms with Crippen LogP contribution < -0.4 is 5.32 Å². The van der Waals surface area contributed by atoms with Gasteiger partial charge in [0.2, 0.25) is 5.91 Å². The first-order valence-corrected chi connectivity index (χ1v) is 7.83. The van der Waals surface area contributed by atoms with E-state index >= 15 is 0 Å². The van der Waals surface area contributed by atoms with Gasteiger partial charge in [-0.15, -0.1) is 11.3 Å². The molecular formula is C17H16N2O2S. The second kappa shape index (κ2) is 5.87. The molecule has 2 aromatic carbocycles. The Morgan fingerprint density at radius 3 is 2.82 bits per heavy atom. The lowest BCUT2D eigenvalue weighted by Gasteiger charge is -2.23. The molecule has 1 heterocycles. The SMILES string of the molecule is CC(O)(CC(=O)Nc1ccc2ncsc2c1)c1ccccc1. The number of aromatic nitrogens is 1. The molecule has 1 aromatic heterocycles. The minimum atomic E-state index is -1.19. The van der Waals surface area contributed by atoms with Crippen LogP contribution in [0.4, 0.5) is 5.69 Å². The predicted molar refractivity (Wildman–Crippen MR) is 88.9 cm³/mol. The van der Waals surface area contributed by atoms with Crippen LogP contribution in [0.2, 0.25) is 0 Å². The molecule has 3 aromatic rings. The van der Waals surface area contributed by atoms with Crippen molar-refractivity contribution in [3.63, 3.8) is 0 Å². The van der Waals surface area contributed by atoms with Crippen LogP contribution in [0.1, 0.15) is 18.9 Å². The third kappa shape index (κ3) is 3.16. The van der Waals surface area contributed by atoms with Gasteiger partial charge in [0.25, 0.3) is 0 Å². The summed E-state index contributed by atoms with van der Waals surface area (Å²) in [5.74, 6) is -0.224. The fourth-order valence-corrected chi connectivity index (χ4v) is 3.07. The fourth-order valence-electron chi connectivity index (χ4n) is 2.35. The van der Waals surface area contributed by atoms with E-state index in [2.05, 4.69) is 10.3 Å². The second-order valence-electron chi connectivity index (χ2n) is 5.40. The Kier molecular flexibility index (Phi) is 3.92. The Balaban J connectivity index is 1.71. The normalized spacial score (nSPS) is 13.7. The molecule has 1 atom stereocenters. The van der Waals surface area contributed by atoms with Crippen molar-refractivity contribution < 1.29 is 9.90 Å². The van der Waals surface area contributed by atoms with Crippen molar-refractivity contribution in [3.05, 3.63) is 59.6 Å². The molecule has 0 saturated heterocycles. The van der Waals surface area contributed by atoms with Crippen LogP contribution >= 0.6 is 11.3 Å². The molecule has 0 radical (unpaired) electrons. The lowest BCUT2D eigenvalue weighted by molar-refractivity contribution is -0.120. The number of nitrogens with zero attached hydrogens (tertiary/aromatic N) is 1. The molecule has 0 fully saturated rings. The molecule has 0 bridgehead atoms. The maximum absolute atomic E-state index is 12.2. The summed E-state index contributed by atoms with van der Waals surface area (Å²) in [6.45, 7) is 1.65. The minimum Gasteiger partial charge on any atom is -0.385 e. The molecule has 0 aliphatic heterocycles. The van der Waals surface area contributed by atoms with E-state index in [1.54, 1.807) is 12.4 Å². The van der Waals surface area contributed by atoms with E-state index in [1.165, 1.54) is 11.3 Å². The predicted octanol–water partition coefficient (Wildman–Crippen LogP) is 3.53. The number of benzene rings is 2. The van der Waals surface area contributed by atoms with Crippen LogP contribution in [-0.4, -0.2) is 16.0 Å². The van der Waals surface area contributed by atoms with Gasteiger partial charge < -0.3 is 10.4 Å². The fraction of sp³-hybridized carbons (Fsp3) is 0.176. The summed E-state index contributed by atoms with van der Waals surface area (Å²) in [7, 11) is 0. The van der Waals surface area contributed by atoms with E-state index in [0.717, 1.165) is 15.8 Å². The molecule has 2 N–H and O–H groups in total. The average molecular weight is 312 g/mol. The largest absolute Gasteiger partial charge is 0.385 e. The Labute approximate surface area is 132 Å². The van der Waals surface area contributed by atoms with E-state index < -0.39 is 5.60 Å².